The first kappa shape index (κ1) is 14.6. The first-order valence-corrected chi connectivity index (χ1v) is 6.87. The van der Waals surface area contributed by atoms with Crippen molar-refractivity contribution >= 4 is 23.1 Å². The van der Waals surface area contributed by atoms with Crippen LogP contribution in [0.15, 0.2) is 58.0 Å². The van der Waals surface area contributed by atoms with E-state index in [1.165, 1.54) is 19.4 Å². The zero-order chi connectivity index (χ0) is 16.2. The number of benzene rings is 2. The number of hydrogen-bond donors (Lipinski definition) is 2. The van der Waals surface area contributed by atoms with Gasteiger partial charge < -0.3 is 14.3 Å². The average molecular weight is 310 g/mol. The summed E-state index contributed by atoms with van der Waals surface area (Å²) in [5, 5.41) is 14.2. The largest absolute Gasteiger partial charge is 0.507 e. The van der Waals surface area contributed by atoms with Gasteiger partial charge in [-0.1, -0.05) is 24.3 Å². The Morgan fingerprint density at radius 3 is 2.87 bits per heavy atom. The highest BCUT2D eigenvalue weighted by Gasteiger charge is 2.14. The highest BCUT2D eigenvalue weighted by molar-refractivity contribution is 5.97. The number of carbonyl (C=O) groups is 1. The van der Waals surface area contributed by atoms with Crippen LogP contribution in [0.25, 0.3) is 11.0 Å². The van der Waals surface area contributed by atoms with Crippen LogP contribution in [-0.2, 0) is 0 Å². The molecule has 0 saturated heterocycles. The fraction of sp³-hybridized carbons (Fsp3) is 0.0588. The molecule has 1 heterocycles. The van der Waals surface area contributed by atoms with Gasteiger partial charge in [-0.05, 0) is 24.3 Å². The van der Waals surface area contributed by atoms with Gasteiger partial charge in [0.05, 0.1) is 13.3 Å². The summed E-state index contributed by atoms with van der Waals surface area (Å²) in [5.41, 5.74) is 3.36. The number of methoxy groups -OCH3 is 1. The van der Waals surface area contributed by atoms with Crippen molar-refractivity contribution in [3.63, 3.8) is 0 Å². The number of hydrazone groups is 1. The quantitative estimate of drug-likeness (QED) is 0.573. The molecule has 3 rings (SSSR count). The molecule has 0 atom stereocenters. The second-order valence-corrected chi connectivity index (χ2v) is 4.75. The minimum Gasteiger partial charge on any atom is -0.507 e. The summed E-state index contributed by atoms with van der Waals surface area (Å²) in [6.45, 7) is 0. The van der Waals surface area contributed by atoms with Crippen LogP contribution in [-0.4, -0.2) is 24.3 Å². The lowest BCUT2D eigenvalue weighted by molar-refractivity contribution is 0.0929. The minimum atomic E-state index is -0.491. The number of ether oxygens (including phenoxy) is 1. The fourth-order valence-corrected chi connectivity index (χ4v) is 2.12. The molecule has 1 amide bonds. The Kier molecular flexibility index (Phi) is 3.97. The van der Waals surface area contributed by atoms with Gasteiger partial charge in [0.25, 0.3) is 0 Å². The summed E-state index contributed by atoms with van der Waals surface area (Å²) in [4.78, 5) is 12.1. The maximum atomic E-state index is 12.1. The van der Waals surface area contributed by atoms with Gasteiger partial charge in [-0.3, -0.25) is 4.79 Å². The predicted octanol–water partition coefficient (Wildman–Crippen LogP) is 2.91. The number of carbonyl (C=O) groups excluding carboxylic acids is 1. The Morgan fingerprint density at radius 2 is 2.09 bits per heavy atom. The van der Waals surface area contributed by atoms with Crippen LogP contribution in [0.2, 0.25) is 0 Å². The third-order valence-corrected chi connectivity index (χ3v) is 3.26. The summed E-state index contributed by atoms with van der Waals surface area (Å²) < 4.78 is 10.7. The van der Waals surface area contributed by atoms with E-state index in [2.05, 4.69) is 10.5 Å². The monoisotopic (exact) mass is 310 g/mol. The Hall–Kier alpha value is -3.28. The van der Waals surface area contributed by atoms with E-state index in [-0.39, 0.29) is 11.5 Å². The number of rotatable bonds is 4. The van der Waals surface area contributed by atoms with Gasteiger partial charge in [-0.2, -0.15) is 5.10 Å². The van der Waals surface area contributed by atoms with Gasteiger partial charge in [-0.25, -0.2) is 5.43 Å². The van der Waals surface area contributed by atoms with E-state index in [0.29, 0.717) is 16.9 Å². The molecule has 0 aliphatic carbocycles. The van der Waals surface area contributed by atoms with E-state index in [0.717, 1.165) is 5.39 Å². The van der Waals surface area contributed by atoms with Crippen LogP contribution in [0.4, 0.5) is 0 Å². The highest BCUT2D eigenvalue weighted by atomic mass is 16.5. The number of phenols is 1. The molecular weight excluding hydrogens is 296 g/mol. The lowest BCUT2D eigenvalue weighted by Gasteiger charge is -1.99. The summed E-state index contributed by atoms with van der Waals surface area (Å²) in [5.74, 6) is 0.270. The van der Waals surface area contributed by atoms with Gasteiger partial charge in [0.2, 0.25) is 0 Å². The average Bonchev–Trinajstić information content (AvgIpc) is 3.00. The second-order valence-electron chi connectivity index (χ2n) is 4.75. The predicted molar refractivity (Wildman–Crippen MR) is 85.9 cm³/mol. The van der Waals surface area contributed by atoms with Gasteiger partial charge >= 0.3 is 5.91 Å². The van der Waals surface area contributed by atoms with Crippen LogP contribution >= 0.6 is 0 Å². The summed E-state index contributed by atoms with van der Waals surface area (Å²) in [7, 11) is 1.54. The first-order chi connectivity index (χ1) is 11.2. The third kappa shape index (κ3) is 3.01. The maximum Gasteiger partial charge on any atom is 0.307 e. The number of nitrogens with zero attached hydrogens (tertiary/aromatic N) is 1. The number of aromatic hydroxyl groups is 1. The van der Waals surface area contributed by atoms with Gasteiger partial charge in [-0.15, -0.1) is 0 Å². The molecule has 116 valence electrons. The standard InChI is InChI=1S/C17H14N2O4/c1-22-14-8-4-6-11-9-15(23-16(11)14)17(21)19-18-10-12-5-2-3-7-13(12)20/h2-10,20H,1H3,(H,19,21)/b18-10-. The number of amides is 1. The van der Waals surface area contributed by atoms with E-state index in [9.17, 15) is 9.90 Å². The number of furan rings is 1. The first-order valence-electron chi connectivity index (χ1n) is 6.87. The Balaban J connectivity index is 1.77. The van der Waals surface area contributed by atoms with Crippen molar-refractivity contribution in [2.24, 2.45) is 5.10 Å². The number of fused-ring (bicyclic) bond motifs is 1. The molecule has 23 heavy (non-hydrogen) atoms. The molecule has 2 aromatic carbocycles. The highest BCUT2D eigenvalue weighted by Crippen LogP contribution is 2.28. The Labute approximate surface area is 132 Å². The molecule has 6 heteroatoms. The number of nitrogens with one attached hydrogen (secondary N) is 1. The molecule has 0 saturated carbocycles. The normalized spacial score (nSPS) is 11.0. The molecule has 6 nitrogen and oxygen atoms in total. The van der Waals surface area contributed by atoms with Crippen molar-refractivity contribution in [1.29, 1.82) is 0 Å². The number of phenolic OH excluding ortho intramolecular Hbond substituents is 1. The molecule has 0 radical (unpaired) electrons. The summed E-state index contributed by atoms with van der Waals surface area (Å²) in [6, 6.07) is 13.7. The zero-order valence-electron chi connectivity index (χ0n) is 12.3. The molecule has 0 bridgehead atoms. The number of hydrogen-bond acceptors (Lipinski definition) is 5. The SMILES string of the molecule is COc1cccc2cc(C(=O)N/N=C\c3ccccc3O)oc12. The molecular formula is C17H14N2O4. The Bertz CT molecular complexity index is 883. The summed E-state index contributed by atoms with van der Waals surface area (Å²) >= 11 is 0. The van der Waals surface area contributed by atoms with Crippen molar-refractivity contribution in [2.75, 3.05) is 7.11 Å². The van der Waals surface area contributed by atoms with Gasteiger partial charge in [0.15, 0.2) is 17.1 Å². The molecule has 1 aromatic heterocycles. The van der Waals surface area contributed by atoms with E-state index in [1.54, 1.807) is 30.3 Å². The molecule has 0 aliphatic rings. The van der Waals surface area contributed by atoms with Crippen molar-refractivity contribution < 1.29 is 19.1 Å². The summed E-state index contributed by atoms with van der Waals surface area (Å²) in [6.07, 6.45) is 1.36. The lowest BCUT2D eigenvalue weighted by atomic mass is 10.2. The van der Waals surface area contributed by atoms with Gasteiger partial charge in [0, 0.05) is 10.9 Å². The van der Waals surface area contributed by atoms with E-state index >= 15 is 0 Å². The Morgan fingerprint density at radius 1 is 1.26 bits per heavy atom. The van der Waals surface area contributed by atoms with Crippen molar-refractivity contribution in [2.45, 2.75) is 0 Å². The molecule has 0 aliphatic heterocycles. The van der Waals surface area contributed by atoms with Crippen molar-refractivity contribution in [3.8, 4) is 11.5 Å². The van der Waals surface area contributed by atoms with Crippen LogP contribution in [0.5, 0.6) is 11.5 Å². The number of para-hydroxylation sites is 2. The molecule has 0 fully saturated rings. The minimum absolute atomic E-state index is 0.0824. The zero-order valence-corrected chi connectivity index (χ0v) is 12.3. The van der Waals surface area contributed by atoms with E-state index in [4.69, 9.17) is 9.15 Å². The van der Waals surface area contributed by atoms with Crippen LogP contribution < -0.4 is 10.2 Å². The molecule has 2 N–H and O–H groups in total. The van der Waals surface area contributed by atoms with Crippen LogP contribution in [0.3, 0.4) is 0 Å². The lowest BCUT2D eigenvalue weighted by Crippen LogP contribution is -2.16. The molecule has 0 spiro atoms. The van der Waals surface area contributed by atoms with E-state index in [1.807, 2.05) is 12.1 Å². The van der Waals surface area contributed by atoms with Crippen molar-refractivity contribution in [3.05, 3.63) is 59.9 Å². The van der Waals surface area contributed by atoms with Crippen LogP contribution in [0, 0.1) is 0 Å². The maximum absolute atomic E-state index is 12.1. The second kappa shape index (κ2) is 6.23. The van der Waals surface area contributed by atoms with Crippen molar-refractivity contribution in [1.82, 2.24) is 5.43 Å². The fourth-order valence-electron chi connectivity index (χ4n) is 2.12. The van der Waals surface area contributed by atoms with Gasteiger partial charge in [0.1, 0.15) is 5.75 Å². The molecule has 0 unspecified atom stereocenters. The third-order valence-electron chi connectivity index (χ3n) is 3.26. The van der Waals surface area contributed by atoms with Crippen LogP contribution in [0.1, 0.15) is 16.1 Å². The smallest absolute Gasteiger partial charge is 0.307 e. The van der Waals surface area contributed by atoms with E-state index < -0.39 is 5.91 Å². The molecule has 3 aromatic rings. The topological polar surface area (TPSA) is 84.1 Å².